The van der Waals surface area contributed by atoms with Crippen LogP contribution in [0.15, 0.2) is 24.5 Å². The molecule has 0 saturated heterocycles. The number of pyridine rings is 1. The van der Waals surface area contributed by atoms with Crippen molar-refractivity contribution in [3.63, 3.8) is 0 Å². The van der Waals surface area contributed by atoms with Crippen LogP contribution < -0.4 is 10.3 Å². The van der Waals surface area contributed by atoms with Gasteiger partial charge in [-0.05, 0) is 18.9 Å². The van der Waals surface area contributed by atoms with Gasteiger partial charge in [-0.3, -0.25) is 5.41 Å². The number of rotatable bonds is 4. The summed E-state index contributed by atoms with van der Waals surface area (Å²) >= 11 is 1.41. The Morgan fingerprint density at radius 2 is 2.43 bits per heavy atom. The van der Waals surface area contributed by atoms with Gasteiger partial charge in [-0.25, -0.2) is 4.57 Å². The van der Waals surface area contributed by atoms with Crippen LogP contribution in [0.5, 0.6) is 0 Å². The molecule has 0 amide bonds. The zero-order chi connectivity index (χ0) is 10.4. The summed E-state index contributed by atoms with van der Waals surface area (Å²) in [5.41, 5.74) is 6.57. The van der Waals surface area contributed by atoms with Gasteiger partial charge in [0.25, 0.3) is 0 Å². The summed E-state index contributed by atoms with van der Waals surface area (Å²) in [6.07, 6.45) is 6.26. The Hall–Kier alpha value is -1.03. The first-order valence-electron chi connectivity index (χ1n) is 4.59. The monoisotopic (exact) mass is 210 g/mol. The molecule has 0 atom stereocenters. The van der Waals surface area contributed by atoms with E-state index < -0.39 is 0 Å². The van der Waals surface area contributed by atoms with E-state index >= 15 is 0 Å². The number of aromatic nitrogens is 1. The van der Waals surface area contributed by atoms with Gasteiger partial charge in [0.05, 0.1) is 0 Å². The van der Waals surface area contributed by atoms with Gasteiger partial charge >= 0.3 is 0 Å². The van der Waals surface area contributed by atoms with Gasteiger partial charge in [0.15, 0.2) is 17.6 Å². The van der Waals surface area contributed by atoms with E-state index in [4.69, 9.17) is 11.1 Å². The van der Waals surface area contributed by atoms with Crippen LogP contribution in [-0.2, 0) is 13.5 Å². The lowest BCUT2D eigenvalue weighted by Gasteiger charge is -1.99. The highest BCUT2D eigenvalue weighted by atomic mass is 32.2. The first-order valence-corrected chi connectivity index (χ1v) is 5.58. The molecule has 0 fully saturated rings. The molecule has 1 aromatic rings. The van der Waals surface area contributed by atoms with Gasteiger partial charge in [-0.15, -0.1) is 0 Å². The van der Waals surface area contributed by atoms with E-state index in [1.165, 1.54) is 17.3 Å². The van der Waals surface area contributed by atoms with E-state index in [9.17, 15) is 0 Å². The summed E-state index contributed by atoms with van der Waals surface area (Å²) in [5.74, 6) is 0.925. The van der Waals surface area contributed by atoms with E-state index in [0.717, 1.165) is 18.6 Å². The topological polar surface area (TPSA) is 53.8 Å². The minimum absolute atomic E-state index is 0.212. The molecule has 0 saturated carbocycles. The summed E-state index contributed by atoms with van der Waals surface area (Å²) < 4.78 is 2.05. The molecular formula is C10H16N3S+. The SMILES string of the molecule is C[n+]1cccc(CCCSC(=N)N)c1. The second-order valence-electron chi connectivity index (χ2n) is 3.19. The summed E-state index contributed by atoms with van der Waals surface area (Å²) in [6, 6.07) is 4.17. The lowest BCUT2D eigenvalue weighted by molar-refractivity contribution is -0.671. The average Bonchev–Trinajstić information content (AvgIpc) is 2.12. The first-order chi connectivity index (χ1) is 6.68. The van der Waals surface area contributed by atoms with E-state index in [2.05, 4.69) is 12.3 Å². The van der Waals surface area contributed by atoms with Crippen molar-refractivity contribution in [1.82, 2.24) is 0 Å². The average molecular weight is 210 g/mol. The second kappa shape index (κ2) is 5.65. The summed E-state index contributed by atoms with van der Waals surface area (Å²) in [6.45, 7) is 0. The fraction of sp³-hybridized carbons (Fsp3) is 0.400. The molecule has 14 heavy (non-hydrogen) atoms. The number of amidine groups is 1. The molecule has 0 bridgehead atoms. The predicted molar refractivity (Wildman–Crippen MR) is 60.3 cm³/mol. The van der Waals surface area contributed by atoms with Crippen molar-refractivity contribution in [2.75, 3.05) is 5.75 Å². The highest BCUT2D eigenvalue weighted by Gasteiger charge is 1.98. The molecule has 0 aliphatic carbocycles. The predicted octanol–water partition coefficient (Wildman–Crippen LogP) is 1.07. The standard InChI is InChI=1S/C10H16N3S/c1-13-6-2-4-9(8-13)5-3-7-14-10(11)12/h2,4,6,8H,3,5,7H2,1H3,(H3,11,12)/q+1. The molecular weight excluding hydrogens is 194 g/mol. The van der Waals surface area contributed by atoms with Crippen LogP contribution in [0.1, 0.15) is 12.0 Å². The van der Waals surface area contributed by atoms with Crippen molar-refractivity contribution in [2.24, 2.45) is 12.8 Å². The molecule has 0 aliphatic heterocycles. The minimum Gasteiger partial charge on any atom is -0.379 e. The van der Waals surface area contributed by atoms with E-state index in [1.54, 1.807) is 0 Å². The Labute approximate surface area is 88.8 Å². The van der Waals surface area contributed by atoms with Crippen LogP contribution in [0.4, 0.5) is 0 Å². The maximum Gasteiger partial charge on any atom is 0.171 e. The van der Waals surface area contributed by atoms with Crippen molar-refractivity contribution in [2.45, 2.75) is 12.8 Å². The Balaban J connectivity index is 2.28. The zero-order valence-corrected chi connectivity index (χ0v) is 9.18. The highest BCUT2D eigenvalue weighted by Crippen LogP contribution is 2.05. The number of aryl methyl sites for hydroxylation is 2. The molecule has 0 aromatic carbocycles. The largest absolute Gasteiger partial charge is 0.379 e. The van der Waals surface area contributed by atoms with Crippen LogP contribution in [0.3, 0.4) is 0 Å². The van der Waals surface area contributed by atoms with Crippen LogP contribution in [-0.4, -0.2) is 10.9 Å². The summed E-state index contributed by atoms with van der Waals surface area (Å²) in [7, 11) is 2.02. The third-order valence-corrected chi connectivity index (χ3v) is 2.67. The molecule has 0 radical (unpaired) electrons. The molecule has 3 N–H and O–H groups in total. The van der Waals surface area contributed by atoms with Crippen molar-refractivity contribution in [3.05, 3.63) is 30.1 Å². The molecule has 1 aromatic heterocycles. The van der Waals surface area contributed by atoms with Crippen molar-refractivity contribution in [3.8, 4) is 0 Å². The fourth-order valence-corrected chi connectivity index (χ4v) is 1.76. The number of nitrogens with zero attached hydrogens (tertiary/aromatic N) is 1. The quantitative estimate of drug-likeness (QED) is 0.338. The normalized spacial score (nSPS) is 10.1. The van der Waals surface area contributed by atoms with Gasteiger partial charge < -0.3 is 5.73 Å². The first kappa shape index (κ1) is 11.0. The van der Waals surface area contributed by atoms with Crippen molar-refractivity contribution in [1.29, 1.82) is 5.41 Å². The molecule has 0 aliphatic rings. The van der Waals surface area contributed by atoms with Gasteiger partial charge in [-0.1, -0.05) is 11.8 Å². The zero-order valence-electron chi connectivity index (χ0n) is 8.36. The summed E-state index contributed by atoms with van der Waals surface area (Å²) in [5, 5.41) is 7.26. The van der Waals surface area contributed by atoms with Gasteiger partial charge in [0, 0.05) is 17.4 Å². The van der Waals surface area contributed by atoms with Crippen molar-refractivity contribution >= 4 is 16.9 Å². The molecule has 3 nitrogen and oxygen atoms in total. The van der Waals surface area contributed by atoms with Gasteiger partial charge in [0.1, 0.15) is 7.05 Å². The fourth-order valence-electron chi connectivity index (χ4n) is 1.26. The third kappa shape index (κ3) is 4.28. The third-order valence-electron chi connectivity index (χ3n) is 1.87. The molecule has 76 valence electrons. The summed E-state index contributed by atoms with van der Waals surface area (Å²) in [4.78, 5) is 0. The Morgan fingerprint density at radius 3 is 3.07 bits per heavy atom. The van der Waals surface area contributed by atoms with Crippen LogP contribution in [0.2, 0.25) is 0 Å². The van der Waals surface area contributed by atoms with E-state index in [0.29, 0.717) is 0 Å². The van der Waals surface area contributed by atoms with Crippen molar-refractivity contribution < 1.29 is 4.57 Å². The second-order valence-corrected chi connectivity index (χ2v) is 4.33. The Morgan fingerprint density at radius 1 is 1.64 bits per heavy atom. The lowest BCUT2D eigenvalue weighted by atomic mass is 10.2. The molecule has 1 heterocycles. The Kier molecular flexibility index (Phi) is 4.46. The van der Waals surface area contributed by atoms with Gasteiger partial charge in [-0.2, -0.15) is 0 Å². The van der Waals surface area contributed by atoms with Crippen LogP contribution in [0.25, 0.3) is 0 Å². The molecule has 0 spiro atoms. The number of thioether (sulfide) groups is 1. The maximum atomic E-state index is 7.05. The number of nitrogens with two attached hydrogens (primary N) is 1. The van der Waals surface area contributed by atoms with Gasteiger partial charge in [0.2, 0.25) is 0 Å². The van der Waals surface area contributed by atoms with Crippen LogP contribution >= 0.6 is 11.8 Å². The molecule has 1 rings (SSSR count). The lowest BCUT2D eigenvalue weighted by Crippen LogP contribution is -2.26. The smallest absolute Gasteiger partial charge is 0.171 e. The maximum absolute atomic E-state index is 7.05. The molecule has 0 unspecified atom stereocenters. The van der Waals surface area contributed by atoms with Crippen LogP contribution in [0, 0.1) is 5.41 Å². The number of hydrogen-bond donors (Lipinski definition) is 2. The van der Waals surface area contributed by atoms with E-state index in [-0.39, 0.29) is 5.17 Å². The number of nitrogens with one attached hydrogen (secondary N) is 1. The number of hydrogen-bond acceptors (Lipinski definition) is 2. The molecule has 4 heteroatoms. The highest BCUT2D eigenvalue weighted by molar-refractivity contribution is 8.13. The minimum atomic E-state index is 0.212. The Bertz CT molecular complexity index is 312. The van der Waals surface area contributed by atoms with E-state index in [1.807, 2.05) is 23.9 Å².